The van der Waals surface area contributed by atoms with E-state index < -0.39 is 0 Å². The molecule has 2 heterocycles. The number of carbonyl (C=O) groups excluding carboxylic acids is 1. The number of hydrogen-bond acceptors (Lipinski definition) is 6. The van der Waals surface area contributed by atoms with Crippen LogP contribution in [0.4, 0.5) is 5.69 Å². The second-order valence-electron chi connectivity index (χ2n) is 7.38. The Labute approximate surface area is 188 Å². The lowest BCUT2D eigenvalue weighted by Crippen LogP contribution is -2.30. The van der Waals surface area contributed by atoms with Gasteiger partial charge in [-0.25, -0.2) is 9.66 Å². The third-order valence-electron chi connectivity index (χ3n) is 4.97. The van der Waals surface area contributed by atoms with Crippen LogP contribution < -0.4 is 16.7 Å². The summed E-state index contributed by atoms with van der Waals surface area (Å²) in [5, 5.41) is 5.68. The number of nitrogen functional groups attached to an aromatic ring is 1. The van der Waals surface area contributed by atoms with Gasteiger partial charge in [0.2, 0.25) is 5.91 Å². The highest BCUT2D eigenvalue weighted by Gasteiger charge is 2.17. The van der Waals surface area contributed by atoms with Crippen molar-refractivity contribution in [1.82, 2.24) is 9.66 Å². The number of thioether (sulfide) groups is 1. The first-order valence-electron chi connectivity index (χ1n) is 9.70. The van der Waals surface area contributed by atoms with Gasteiger partial charge in [0.15, 0.2) is 5.16 Å². The van der Waals surface area contributed by atoms with Gasteiger partial charge in [0.25, 0.3) is 5.56 Å². The minimum atomic E-state index is -0.321. The van der Waals surface area contributed by atoms with Crippen molar-refractivity contribution in [2.75, 3.05) is 16.9 Å². The minimum absolute atomic E-state index is 0.0961. The van der Waals surface area contributed by atoms with Crippen molar-refractivity contribution in [2.24, 2.45) is 0 Å². The topological polar surface area (TPSA) is 90.0 Å². The molecule has 2 aromatic heterocycles. The van der Waals surface area contributed by atoms with Gasteiger partial charge in [-0.1, -0.05) is 59.8 Å². The molecule has 2 aromatic carbocycles. The van der Waals surface area contributed by atoms with Crippen molar-refractivity contribution in [1.29, 1.82) is 0 Å². The largest absolute Gasteiger partial charge is 0.334 e. The molecule has 0 atom stereocenters. The Morgan fingerprint density at radius 1 is 1.16 bits per heavy atom. The number of fused-ring (bicyclic) bond motifs is 1. The highest BCUT2D eigenvalue weighted by molar-refractivity contribution is 7.99. The summed E-state index contributed by atoms with van der Waals surface area (Å²) in [5.74, 6) is 5.97. The molecule has 0 aliphatic rings. The molecule has 1 amide bonds. The summed E-state index contributed by atoms with van der Waals surface area (Å²) in [6, 6.07) is 13.7. The second kappa shape index (κ2) is 8.56. The highest BCUT2D eigenvalue weighted by atomic mass is 32.2. The number of anilines is 1. The first-order valence-corrected chi connectivity index (χ1v) is 11.6. The Balaban J connectivity index is 1.57. The molecule has 8 heteroatoms. The third kappa shape index (κ3) is 4.22. The van der Waals surface area contributed by atoms with E-state index in [-0.39, 0.29) is 17.2 Å². The molecule has 0 spiro atoms. The maximum atomic E-state index is 13.0. The second-order valence-corrected chi connectivity index (χ2v) is 9.18. The summed E-state index contributed by atoms with van der Waals surface area (Å²) < 4.78 is 1.03. The smallest absolute Gasteiger partial charge is 0.282 e. The zero-order valence-corrected chi connectivity index (χ0v) is 19.1. The van der Waals surface area contributed by atoms with Gasteiger partial charge in [0.05, 0.1) is 11.1 Å². The van der Waals surface area contributed by atoms with E-state index in [0.717, 1.165) is 49.9 Å². The molecule has 0 aliphatic heterocycles. The molecule has 0 unspecified atom stereocenters. The van der Waals surface area contributed by atoms with Gasteiger partial charge < -0.3 is 11.2 Å². The molecule has 6 nitrogen and oxygen atoms in total. The number of aromatic nitrogens is 2. The summed E-state index contributed by atoms with van der Waals surface area (Å²) in [5.41, 5.74) is 5.43. The lowest BCUT2D eigenvalue weighted by atomic mass is 10.1. The lowest BCUT2D eigenvalue weighted by molar-refractivity contribution is -0.113. The van der Waals surface area contributed by atoms with Crippen LogP contribution in [0.2, 0.25) is 0 Å². The van der Waals surface area contributed by atoms with Crippen LogP contribution >= 0.6 is 23.1 Å². The van der Waals surface area contributed by atoms with E-state index in [1.807, 2.05) is 68.6 Å². The number of amides is 1. The van der Waals surface area contributed by atoms with E-state index in [4.69, 9.17) is 5.84 Å². The summed E-state index contributed by atoms with van der Waals surface area (Å²) in [6.07, 6.45) is 0. The average molecular weight is 451 g/mol. The van der Waals surface area contributed by atoms with Crippen molar-refractivity contribution < 1.29 is 4.79 Å². The SMILES string of the molecule is Cc1cc(C)c(NC(=O)CSc2nc3scc(-c4ccccc4)c3c(=O)n2N)c(C)c1. The van der Waals surface area contributed by atoms with E-state index in [0.29, 0.717) is 15.4 Å². The molecule has 0 fully saturated rings. The molecule has 4 aromatic rings. The minimum Gasteiger partial charge on any atom is -0.334 e. The van der Waals surface area contributed by atoms with Crippen molar-refractivity contribution in [2.45, 2.75) is 25.9 Å². The molecule has 31 heavy (non-hydrogen) atoms. The van der Waals surface area contributed by atoms with Crippen LogP contribution in [0.5, 0.6) is 0 Å². The van der Waals surface area contributed by atoms with E-state index in [1.165, 1.54) is 11.3 Å². The Kier molecular flexibility index (Phi) is 5.84. The lowest BCUT2D eigenvalue weighted by Gasteiger charge is -2.13. The summed E-state index contributed by atoms with van der Waals surface area (Å²) in [6.45, 7) is 5.96. The van der Waals surface area contributed by atoms with Crippen LogP contribution in [-0.2, 0) is 4.79 Å². The Morgan fingerprint density at radius 2 is 1.84 bits per heavy atom. The molecule has 4 rings (SSSR count). The van der Waals surface area contributed by atoms with Gasteiger partial charge >= 0.3 is 0 Å². The van der Waals surface area contributed by atoms with E-state index >= 15 is 0 Å². The van der Waals surface area contributed by atoms with Gasteiger partial charge in [-0.15, -0.1) is 11.3 Å². The number of hydrogen-bond donors (Lipinski definition) is 2. The fourth-order valence-corrected chi connectivity index (χ4v) is 5.31. The summed E-state index contributed by atoms with van der Waals surface area (Å²) in [4.78, 5) is 30.6. The predicted molar refractivity (Wildman–Crippen MR) is 129 cm³/mol. The molecule has 0 bridgehead atoms. The standard InChI is InChI=1S/C23H22N4O2S2/c1-13-9-14(2)20(15(3)10-13)25-18(28)12-31-23-26-21-19(22(29)27(23)24)17(11-30-21)16-7-5-4-6-8-16/h4-11H,12,24H2,1-3H3,(H,25,28). The normalized spacial score (nSPS) is 11.1. The Bertz CT molecular complexity index is 1320. The summed E-state index contributed by atoms with van der Waals surface area (Å²) >= 11 is 2.54. The Hall–Kier alpha value is -3.10. The first-order chi connectivity index (χ1) is 14.8. The monoisotopic (exact) mass is 450 g/mol. The maximum Gasteiger partial charge on any atom is 0.282 e. The van der Waals surface area contributed by atoms with E-state index in [2.05, 4.69) is 10.3 Å². The number of nitrogens with two attached hydrogens (primary N) is 1. The number of carbonyl (C=O) groups is 1. The number of thiophene rings is 1. The van der Waals surface area contributed by atoms with Crippen LogP contribution in [0.15, 0.2) is 57.8 Å². The zero-order valence-electron chi connectivity index (χ0n) is 17.4. The van der Waals surface area contributed by atoms with Crippen LogP contribution in [-0.4, -0.2) is 21.3 Å². The van der Waals surface area contributed by atoms with Gasteiger partial charge in [0, 0.05) is 16.6 Å². The van der Waals surface area contributed by atoms with Crippen molar-refractivity contribution in [3.05, 3.63) is 74.9 Å². The van der Waals surface area contributed by atoms with Crippen molar-refractivity contribution >= 4 is 44.9 Å². The first kappa shape index (κ1) is 21.1. The molecule has 0 radical (unpaired) electrons. The fourth-order valence-electron chi connectivity index (χ4n) is 3.60. The molecule has 3 N–H and O–H groups in total. The average Bonchev–Trinajstić information content (AvgIpc) is 3.17. The molecular weight excluding hydrogens is 428 g/mol. The number of aryl methyl sites for hydroxylation is 3. The van der Waals surface area contributed by atoms with Gasteiger partial charge in [-0.3, -0.25) is 9.59 Å². The maximum absolute atomic E-state index is 13.0. The molecule has 0 saturated carbocycles. The van der Waals surface area contributed by atoms with Gasteiger partial charge in [-0.2, -0.15) is 0 Å². The zero-order chi connectivity index (χ0) is 22.1. The molecule has 0 saturated heterocycles. The van der Waals surface area contributed by atoms with Crippen LogP contribution in [0.1, 0.15) is 16.7 Å². The number of nitrogens with zero attached hydrogens (tertiary/aromatic N) is 2. The summed E-state index contributed by atoms with van der Waals surface area (Å²) in [7, 11) is 0. The van der Waals surface area contributed by atoms with E-state index in [9.17, 15) is 9.59 Å². The van der Waals surface area contributed by atoms with Crippen LogP contribution in [0.3, 0.4) is 0 Å². The van der Waals surface area contributed by atoms with E-state index in [1.54, 1.807) is 0 Å². The number of nitrogens with one attached hydrogen (secondary N) is 1. The number of benzene rings is 2. The van der Waals surface area contributed by atoms with Gasteiger partial charge in [0.1, 0.15) is 4.83 Å². The number of rotatable bonds is 5. The third-order valence-corrected chi connectivity index (χ3v) is 6.79. The fraction of sp³-hybridized carbons (Fsp3) is 0.174. The van der Waals surface area contributed by atoms with Crippen molar-refractivity contribution in [3.63, 3.8) is 0 Å². The van der Waals surface area contributed by atoms with Crippen molar-refractivity contribution in [3.8, 4) is 11.1 Å². The predicted octanol–water partition coefficient (Wildman–Crippen LogP) is 4.49. The molecular formula is C23H22N4O2S2. The van der Waals surface area contributed by atoms with Gasteiger partial charge in [-0.05, 0) is 37.5 Å². The molecule has 0 aliphatic carbocycles. The van der Waals surface area contributed by atoms with Crippen LogP contribution in [0.25, 0.3) is 21.3 Å². The molecule has 158 valence electrons. The quantitative estimate of drug-likeness (QED) is 0.266. The Morgan fingerprint density at radius 3 is 2.52 bits per heavy atom. The highest BCUT2D eigenvalue weighted by Crippen LogP contribution is 2.31. The van der Waals surface area contributed by atoms with Crippen LogP contribution in [0, 0.1) is 20.8 Å².